The second-order valence-corrected chi connectivity index (χ2v) is 4.61. The highest BCUT2D eigenvalue weighted by molar-refractivity contribution is 9.10. The summed E-state index contributed by atoms with van der Waals surface area (Å²) in [6.45, 7) is 2.15. The predicted molar refractivity (Wildman–Crippen MR) is 72.3 cm³/mol. The highest BCUT2D eigenvalue weighted by atomic mass is 79.9. The van der Waals surface area contributed by atoms with Crippen LogP contribution in [0.2, 0.25) is 0 Å². The van der Waals surface area contributed by atoms with E-state index in [0.29, 0.717) is 16.6 Å². The van der Waals surface area contributed by atoms with Gasteiger partial charge in [-0.3, -0.25) is 14.9 Å². The molecule has 98 valence electrons. The summed E-state index contributed by atoms with van der Waals surface area (Å²) in [5, 5.41) is 13.3. The third kappa shape index (κ3) is 3.51. The number of nitrogens with one attached hydrogen (secondary N) is 1. The Morgan fingerprint density at radius 1 is 1.61 bits per heavy atom. The van der Waals surface area contributed by atoms with Gasteiger partial charge < -0.3 is 11.1 Å². The third-order valence-electron chi connectivity index (χ3n) is 2.57. The Kier molecular flexibility index (Phi) is 5.24. The molecule has 1 unspecified atom stereocenters. The molecule has 0 fully saturated rings. The van der Waals surface area contributed by atoms with E-state index in [4.69, 9.17) is 5.73 Å². The number of nitro groups is 1. The number of halogens is 1. The summed E-state index contributed by atoms with van der Waals surface area (Å²) in [7, 11) is 0. The lowest BCUT2D eigenvalue weighted by atomic mass is 10.1. The minimum atomic E-state index is -0.495. The van der Waals surface area contributed by atoms with E-state index in [0.717, 1.165) is 0 Å². The Balaban J connectivity index is 2.86. The Labute approximate surface area is 113 Å². The molecule has 0 saturated carbocycles. The van der Waals surface area contributed by atoms with E-state index in [9.17, 15) is 14.9 Å². The van der Waals surface area contributed by atoms with Crippen molar-refractivity contribution in [3.05, 3.63) is 32.8 Å². The topological polar surface area (TPSA) is 98.3 Å². The SMILES string of the molecule is CCC(CN)C(=O)Nc1ccc([N+](=O)[O-])cc1Br. The average molecular weight is 316 g/mol. The number of carbonyl (C=O) groups excluding carboxylic acids is 1. The number of non-ortho nitro benzene ring substituents is 1. The first kappa shape index (κ1) is 14.6. The summed E-state index contributed by atoms with van der Waals surface area (Å²) in [5.41, 5.74) is 5.94. The second-order valence-electron chi connectivity index (χ2n) is 3.75. The molecule has 0 heterocycles. The number of nitrogens with zero attached hydrogens (tertiary/aromatic N) is 1. The van der Waals surface area contributed by atoms with Crippen LogP contribution < -0.4 is 11.1 Å². The first-order valence-electron chi connectivity index (χ1n) is 5.44. The predicted octanol–water partition coefficient (Wildman–Crippen LogP) is 2.28. The summed E-state index contributed by atoms with van der Waals surface area (Å²) in [4.78, 5) is 21.9. The van der Waals surface area contributed by atoms with Gasteiger partial charge in [0.05, 0.1) is 16.5 Å². The molecule has 0 aliphatic carbocycles. The number of hydrogen-bond acceptors (Lipinski definition) is 4. The van der Waals surface area contributed by atoms with E-state index in [-0.39, 0.29) is 24.1 Å². The number of amides is 1. The maximum absolute atomic E-state index is 11.8. The van der Waals surface area contributed by atoms with Crippen LogP contribution in [-0.4, -0.2) is 17.4 Å². The molecule has 0 radical (unpaired) electrons. The molecule has 0 aliphatic heterocycles. The van der Waals surface area contributed by atoms with Crippen molar-refractivity contribution in [1.82, 2.24) is 0 Å². The quantitative estimate of drug-likeness (QED) is 0.643. The first-order chi connectivity index (χ1) is 8.49. The zero-order valence-corrected chi connectivity index (χ0v) is 11.4. The van der Waals surface area contributed by atoms with Crippen LogP contribution in [0.25, 0.3) is 0 Å². The summed E-state index contributed by atoms with van der Waals surface area (Å²) >= 11 is 3.19. The van der Waals surface area contributed by atoms with Gasteiger partial charge in [-0.15, -0.1) is 0 Å². The van der Waals surface area contributed by atoms with Gasteiger partial charge in [-0.1, -0.05) is 6.92 Å². The number of anilines is 1. The highest BCUT2D eigenvalue weighted by Gasteiger charge is 2.16. The maximum atomic E-state index is 11.8. The molecule has 1 atom stereocenters. The molecule has 0 aliphatic rings. The minimum absolute atomic E-state index is 0.0364. The molecular formula is C11H14BrN3O3. The lowest BCUT2D eigenvalue weighted by Crippen LogP contribution is -2.28. The number of benzene rings is 1. The lowest BCUT2D eigenvalue weighted by molar-refractivity contribution is -0.384. The van der Waals surface area contributed by atoms with Crippen LogP contribution in [0.3, 0.4) is 0 Å². The molecule has 0 bridgehead atoms. The van der Waals surface area contributed by atoms with Gasteiger partial charge in [0.15, 0.2) is 0 Å². The average Bonchev–Trinajstić information content (AvgIpc) is 2.33. The fourth-order valence-corrected chi connectivity index (χ4v) is 1.88. The van der Waals surface area contributed by atoms with Gasteiger partial charge in [-0.05, 0) is 28.4 Å². The van der Waals surface area contributed by atoms with Crippen molar-refractivity contribution in [3.63, 3.8) is 0 Å². The van der Waals surface area contributed by atoms with Crippen molar-refractivity contribution in [1.29, 1.82) is 0 Å². The van der Waals surface area contributed by atoms with Gasteiger partial charge in [0, 0.05) is 23.2 Å². The number of rotatable bonds is 5. The molecule has 1 aromatic carbocycles. The van der Waals surface area contributed by atoms with Crippen molar-refractivity contribution in [2.75, 3.05) is 11.9 Å². The number of carbonyl (C=O) groups is 1. The van der Waals surface area contributed by atoms with E-state index in [1.807, 2.05) is 6.92 Å². The van der Waals surface area contributed by atoms with E-state index < -0.39 is 4.92 Å². The number of nitro benzene ring substituents is 1. The van der Waals surface area contributed by atoms with Crippen LogP contribution in [0, 0.1) is 16.0 Å². The molecule has 18 heavy (non-hydrogen) atoms. The Hall–Kier alpha value is -1.47. The number of hydrogen-bond donors (Lipinski definition) is 2. The van der Waals surface area contributed by atoms with Crippen LogP contribution >= 0.6 is 15.9 Å². The van der Waals surface area contributed by atoms with Crippen molar-refractivity contribution >= 4 is 33.2 Å². The van der Waals surface area contributed by atoms with Gasteiger partial charge in [0.2, 0.25) is 5.91 Å². The standard InChI is InChI=1S/C11H14BrN3O3/c1-2-7(6-13)11(16)14-10-4-3-8(15(17)18)5-9(10)12/h3-5,7H,2,6,13H2,1H3,(H,14,16). The molecule has 0 saturated heterocycles. The van der Waals surface area contributed by atoms with Crippen LogP contribution in [-0.2, 0) is 4.79 Å². The third-order valence-corrected chi connectivity index (χ3v) is 3.23. The molecule has 1 rings (SSSR count). The second kappa shape index (κ2) is 6.46. The highest BCUT2D eigenvalue weighted by Crippen LogP contribution is 2.27. The van der Waals surface area contributed by atoms with Crippen molar-refractivity contribution in [3.8, 4) is 0 Å². The zero-order chi connectivity index (χ0) is 13.7. The van der Waals surface area contributed by atoms with E-state index >= 15 is 0 Å². The molecular weight excluding hydrogens is 302 g/mol. The zero-order valence-electron chi connectivity index (χ0n) is 9.85. The molecule has 3 N–H and O–H groups in total. The minimum Gasteiger partial charge on any atom is -0.330 e. The molecule has 1 aromatic rings. The summed E-state index contributed by atoms with van der Waals surface area (Å²) in [6, 6.07) is 4.17. The summed E-state index contributed by atoms with van der Waals surface area (Å²) < 4.78 is 0.469. The first-order valence-corrected chi connectivity index (χ1v) is 6.23. The summed E-state index contributed by atoms with van der Waals surface area (Å²) in [5.74, 6) is -0.443. The largest absolute Gasteiger partial charge is 0.330 e. The van der Waals surface area contributed by atoms with Gasteiger partial charge in [-0.2, -0.15) is 0 Å². The lowest BCUT2D eigenvalue weighted by Gasteiger charge is -2.13. The van der Waals surface area contributed by atoms with Crippen LogP contribution in [0.1, 0.15) is 13.3 Å². The number of nitrogens with two attached hydrogens (primary N) is 1. The van der Waals surface area contributed by atoms with Gasteiger partial charge in [-0.25, -0.2) is 0 Å². The summed E-state index contributed by atoms with van der Waals surface area (Å²) in [6.07, 6.45) is 0.646. The fraction of sp³-hybridized carbons (Fsp3) is 0.364. The molecule has 6 nitrogen and oxygen atoms in total. The van der Waals surface area contributed by atoms with E-state index in [1.165, 1.54) is 18.2 Å². The van der Waals surface area contributed by atoms with Crippen LogP contribution in [0.5, 0.6) is 0 Å². The molecule has 0 aromatic heterocycles. The van der Waals surface area contributed by atoms with Gasteiger partial charge >= 0.3 is 0 Å². The normalized spacial score (nSPS) is 11.9. The van der Waals surface area contributed by atoms with Crippen molar-refractivity contribution < 1.29 is 9.72 Å². The Morgan fingerprint density at radius 3 is 2.72 bits per heavy atom. The Bertz CT molecular complexity index is 461. The van der Waals surface area contributed by atoms with Gasteiger partial charge in [0.25, 0.3) is 5.69 Å². The molecule has 1 amide bonds. The smallest absolute Gasteiger partial charge is 0.270 e. The van der Waals surface area contributed by atoms with Crippen molar-refractivity contribution in [2.45, 2.75) is 13.3 Å². The molecule has 7 heteroatoms. The van der Waals surface area contributed by atoms with E-state index in [1.54, 1.807) is 0 Å². The van der Waals surface area contributed by atoms with E-state index in [2.05, 4.69) is 21.2 Å². The monoisotopic (exact) mass is 315 g/mol. The van der Waals surface area contributed by atoms with Crippen molar-refractivity contribution in [2.24, 2.45) is 11.7 Å². The van der Waals surface area contributed by atoms with Crippen LogP contribution in [0.15, 0.2) is 22.7 Å². The van der Waals surface area contributed by atoms with Gasteiger partial charge in [0.1, 0.15) is 0 Å². The maximum Gasteiger partial charge on any atom is 0.270 e. The fourth-order valence-electron chi connectivity index (χ4n) is 1.41. The van der Waals surface area contributed by atoms with Crippen LogP contribution in [0.4, 0.5) is 11.4 Å². The molecule has 0 spiro atoms. The Morgan fingerprint density at radius 2 is 2.28 bits per heavy atom.